The molecular formula is C17H19N5O5. The zero-order chi connectivity index (χ0) is 19.2. The Morgan fingerprint density at radius 1 is 1.48 bits per heavy atom. The summed E-state index contributed by atoms with van der Waals surface area (Å²) in [5, 5.41) is 34.8. The molecule has 2 fully saturated rings. The average molecular weight is 373 g/mol. The number of carbonyl (C=O) groups excluding carboxylic acids is 1. The number of rotatable bonds is 5. The summed E-state index contributed by atoms with van der Waals surface area (Å²) in [6, 6.07) is 5.06. The number of aromatic nitrogens is 3. The number of ether oxygens (including phenoxy) is 2. The Labute approximate surface area is 154 Å². The van der Waals surface area contributed by atoms with E-state index in [0.29, 0.717) is 17.9 Å². The fourth-order valence-corrected chi connectivity index (χ4v) is 3.34. The molecule has 1 saturated heterocycles. The van der Waals surface area contributed by atoms with Crippen molar-refractivity contribution in [3.8, 4) is 6.07 Å². The molecule has 2 aromatic heterocycles. The van der Waals surface area contributed by atoms with Crippen molar-refractivity contribution in [2.75, 3.05) is 12.3 Å². The Morgan fingerprint density at radius 2 is 2.26 bits per heavy atom. The van der Waals surface area contributed by atoms with Gasteiger partial charge in [0.25, 0.3) is 0 Å². The number of aliphatic hydroxyl groups is 2. The van der Waals surface area contributed by atoms with Crippen molar-refractivity contribution in [1.82, 2.24) is 14.6 Å². The highest BCUT2D eigenvalue weighted by molar-refractivity contribution is 5.70. The molecule has 4 rings (SSSR count). The predicted molar refractivity (Wildman–Crippen MR) is 89.9 cm³/mol. The van der Waals surface area contributed by atoms with Crippen molar-refractivity contribution in [2.24, 2.45) is 5.92 Å². The van der Waals surface area contributed by atoms with Gasteiger partial charge in [-0.05, 0) is 30.9 Å². The molecule has 0 aromatic carbocycles. The quantitative estimate of drug-likeness (QED) is 0.588. The van der Waals surface area contributed by atoms with Gasteiger partial charge in [-0.1, -0.05) is 0 Å². The van der Waals surface area contributed by atoms with Gasteiger partial charge in [0.2, 0.25) is 5.60 Å². The minimum Gasteiger partial charge on any atom is -0.463 e. The van der Waals surface area contributed by atoms with E-state index in [0.717, 1.165) is 12.8 Å². The molecule has 27 heavy (non-hydrogen) atoms. The lowest BCUT2D eigenvalue weighted by Gasteiger charge is -2.24. The molecular weight excluding hydrogens is 354 g/mol. The Kier molecular flexibility index (Phi) is 4.22. The van der Waals surface area contributed by atoms with E-state index in [-0.39, 0.29) is 24.1 Å². The number of nitrogen functional groups attached to an aromatic ring is 1. The van der Waals surface area contributed by atoms with Gasteiger partial charge in [0.05, 0.1) is 5.69 Å². The molecule has 1 aliphatic heterocycles. The molecule has 2 aromatic rings. The highest BCUT2D eigenvalue weighted by atomic mass is 16.6. The molecule has 0 amide bonds. The van der Waals surface area contributed by atoms with E-state index in [1.54, 1.807) is 6.07 Å². The second-order valence-electron chi connectivity index (χ2n) is 6.93. The summed E-state index contributed by atoms with van der Waals surface area (Å²) >= 11 is 0. The fraction of sp³-hybridized carbons (Fsp3) is 0.529. The topological polar surface area (TPSA) is 156 Å². The van der Waals surface area contributed by atoms with Crippen LogP contribution >= 0.6 is 0 Å². The standard InChI is InChI=1S/C17H19N5O5/c18-7-17(12-4-3-10-16(19)20-8-21-22(10)12)15(25)14(24)11(27-17)6-26-13(23)5-9-1-2-9/h3-4,8-9,11,14-15,24-25H,1-2,5-6H2,(H2,19,20,21)/t11-,14-,15-,17+/m1/s1. The van der Waals surface area contributed by atoms with Crippen LogP contribution in [0.5, 0.6) is 0 Å². The number of anilines is 1. The van der Waals surface area contributed by atoms with Gasteiger partial charge in [0.15, 0.2) is 5.82 Å². The van der Waals surface area contributed by atoms with E-state index in [4.69, 9.17) is 15.2 Å². The van der Waals surface area contributed by atoms with Crippen LogP contribution in [-0.2, 0) is 19.9 Å². The van der Waals surface area contributed by atoms with Crippen LogP contribution in [0.25, 0.3) is 5.52 Å². The number of aliphatic hydroxyl groups excluding tert-OH is 2. The summed E-state index contributed by atoms with van der Waals surface area (Å²) in [6.45, 7) is -0.256. The van der Waals surface area contributed by atoms with Gasteiger partial charge < -0.3 is 25.4 Å². The van der Waals surface area contributed by atoms with Gasteiger partial charge in [-0.25, -0.2) is 9.50 Å². The lowest BCUT2D eigenvalue weighted by atomic mass is 9.92. The van der Waals surface area contributed by atoms with E-state index in [1.807, 2.05) is 6.07 Å². The van der Waals surface area contributed by atoms with Gasteiger partial charge in [-0.3, -0.25) is 4.79 Å². The number of nitriles is 1. The third-order valence-electron chi connectivity index (χ3n) is 5.05. The molecule has 1 aliphatic carbocycles. The number of esters is 1. The first-order chi connectivity index (χ1) is 13.0. The average Bonchev–Trinajstić information content (AvgIpc) is 3.30. The van der Waals surface area contributed by atoms with E-state index >= 15 is 0 Å². The molecule has 4 atom stereocenters. The van der Waals surface area contributed by atoms with Crippen molar-refractivity contribution in [3.63, 3.8) is 0 Å². The summed E-state index contributed by atoms with van der Waals surface area (Å²) in [6.07, 6.45) is -0.458. The van der Waals surface area contributed by atoms with Gasteiger partial charge in [0, 0.05) is 6.42 Å². The van der Waals surface area contributed by atoms with Gasteiger partial charge in [-0.2, -0.15) is 10.4 Å². The van der Waals surface area contributed by atoms with Crippen LogP contribution in [0.3, 0.4) is 0 Å². The minimum absolute atomic E-state index is 0.197. The van der Waals surface area contributed by atoms with Crippen LogP contribution in [0.4, 0.5) is 5.82 Å². The summed E-state index contributed by atoms with van der Waals surface area (Å²) in [5.41, 5.74) is 4.55. The maximum absolute atomic E-state index is 11.8. The number of hydrogen-bond donors (Lipinski definition) is 3. The highest BCUT2D eigenvalue weighted by Crippen LogP contribution is 2.40. The SMILES string of the molecule is N#C[C@@]1(c2ccc3c(N)ncnn23)O[C@H](COC(=O)CC2CC2)[C@@H](O)[C@H]1O. The number of nitrogens with zero attached hydrogens (tertiary/aromatic N) is 4. The second-order valence-corrected chi connectivity index (χ2v) is 6.93. The zero-order valence-corrected chi connectivity index (χ0v) is 14.4. The molecule has 10 heteroatoms. The highest BCUT2D eigenvalue weighted by Gasteiger charge is 2.57. The largest absolute Gasteiger partial charge is 0.463 e. The van der Waals surface area contributed by atoms with Crippen molar-refractivity contribution in [3.05, 3.63) is 24.2 Å². The summed E-state index contributed by atoms with van der Waals surface area (Å²) in [5.74, 6) is 0.182. The first-order valence-corrected chi connectivity index (χ1v) is 8.66. The Hall–Kier alpha value is -2.74. The van der Waals surface area contributed by atoms with Crippen LogP contribution in [-0.4, -0.2) is 55.7 Å². The molecule has 3 heterocycles. The number of hydrogen-bond acceptors (Lipinski definition) is 9. The molecule has 1 saturated carbocycles. The van der Waals surface area contributed by atoms with Crippen molar-refractivity contribution < 1.29 is 24.5 Å². The van der Waals surface area contributed by atoms with Crippen LogP contribution in [0.1, 0.15) is 25.0 Å². The summed E-state index contributed by atoms with van der Waals surface area (Å²) in [7, 11) is 0. The molecule has 2 aliphatic rings. The third kappa shape index (κ3) is 2.90. The normalized spacial score (nSPS) is 30.3. The maximum atomic E-state index is 11.8. The van der Waals surface area contributed by atoms with Crippen molar-refractivity contribution >= 4 is 17.3 Å². The molecule has 0 unspecified atom stereocenters. The fourth-order valence-electron chi connectivity index (χ4n) is 3.34. The molecule has 0 bridgehead atoms. The van der Waals surface area contributed by atoms with E-state index in [1.165, 1.54) is 16.9 Å². The predicted octanol–water partition coefficient (Wildman–Crippen LogP) is -0.506. The van der Waals surface area contributed by atoms with E-state index < -0.39 is 23.9 Å². The third-order valence-corrected chi connectivity index (χ3v) is 5.05. The maximum Gasteiger partial charge on any atom is 0.306 e. The zero-order valence-electron chi connectivity index (χ0n) is 14.4. The lowest BCUT2D eigenvalue weighted by molar-refractivity contribution is -0.151. The Balaban J connectivity index is 1.59. The molecule has 142 valence electrons. The van der Waals surface area contributed by atoms with Crippen LogP contribution in [0.2, 0.25) is 0 Å². The monoisotopic (exact) mass is 373 g/mol. The van der Waals surface area contributed by atoms with Gasteiger partial charge in [-0.15, -0.1) is 0 Å². The van der Waals surface area contributed by atoms with Crippen LogP contribution in [0, 0.1) is 17.2 Å². The van der Waals surface area contributed by atoms with E-state index in [9.17, 15) is 20.3 Å². The molecule has 4 N–H and O–H groups in total. The number of carbonyl (C=O) groups is 1. The van der Waals surface area contributed by atoms with Crippen LogP contribution < -0.4 is 5.73 Å². The Morgan fingerprint density at radius 3 is 2.96 bits per heavy atom. The summed E-state index contributed by atoms with van der Waals surface area (Å²) < 4.78 is 12.2. The Bertz CT molecular complexity index is 920. The van der Waals surface area contributed by atoms with Gasteiger partial charge in [0.1, 0.15) is 42.8 Å². The molecule has 0 radical (unpaired) electrons. The van der Waals surface area contributed by atoms with E-state index in [2.05, 4.69) is 10.1 Å². The lowest BCUT2D eigenvalue weighted by Crippen LogP contribution is -2.41. The van der Waals surface area contributed by atoms with Crippen molar-refractivity contribution in [2.45, 2.75) is 43.2 Å². The van der Waals surface area contributed by atoms with Crippen LogP contribution in [0.15, 0.2) is 18.5 Å². The summed E-state index contributed by atoms with van der Waals surface area (Å²) in [4.78, 5) is 15.7. The molecule has 0 spiro atoms. The van der Waals surface area contributed by atoms with Crippen molar-refractivity contribution in [1.29, 1.82) is 5.26 Å². The molecule has 10 nitrogen and oxygen atoms in total. The number of fused-ring (bicyclic) bond motifs is 1. The first-order valence-electron chi connectivity index (χ1n) is 8.66. The number of nitrogens with two attached hydrogens (primary N) is 1. The first kappa shape index (κ1) is 17.7. The smallest absolute Gasteiger partial charge is 0.306 e. The second kappa shape index (κ2) is 6.45. The van der Waals surface area contributed by atoms with Gasteiger partial charge >= 0.3 is 5.97 Å². The minimum atomic E-state index is -1.89.